The Kier molecular flexibility index (Phi) is 4.09. The van der Waals surface area contributed by atoms with Crippen molar-refractivity contribution in [3.63, 3.8) is 0 Å². The van der Waals surface area contributed by atoms with E-state index in [9.17, 15) is 8.42 Å². The quantitative estimate of drug-likeness (QED) is 0.943. The molecule has 0 saturated carbocycles. The van der Waals surface area contributed by atoms with Crippen molar-refractivity contribution in [2.75, 3.05) is 0 Å². The minimum Gasteiger partial charge on any atom is -0.489 e. The Morgan fingerprint density at radius 2 is 1.79 bits per heavy atom. The molecule has 0 atom stereocenters. The third kappa shape index (κ3) is 3.96. The van der Waals surface area contributed by atoms with Gasteiger partial charge in [0, 0.05) is 5.02 Å². The van der Waals surface area contributed by atoms with Gasteiger partial charge in [-0.2, -0.15) is 0 Å². The number of rotatable bonds is 4. The summed E-state index contributed by atoms with van der Waals surface area (Å²) in [5.41, 5.74) is 0.933. The van der Waals surface area contributed by atoms with Crippen molar-refractivity contribution in [2.24, 2.45) is 5.14 Å². The number of sulfonamides is 1. The summed E-state index contributed by atoms with van der Waals surface area (Å²) in [5, 5.41) is 5.65. The smallest absolute Gasteiger partial charge is 0.238 e. The number of primary sulfonamides is 1. The normalized spacial score (nSPS) is 11.3. The Bertz CT molecular complexity index is 669. The molecule has 0 radical (unpaired) electrons. The second-order valence-electron chi connectivity index (χ2n) is 3.94. The van der Waals surface area contributed by atoms with Gasteiger partial charge in [0.2, 0.25) is 10.0 Å². The molecule has 4 nitrogen and oxygen atoms in total. The van der Waals surface area contributed by atoms with Gasteiger partial charge in [0.1, 0.15) is 12.4 Å². The Balaban J connectivity index is 2.05. The van der Waals surface area contributed by atoms with E-state index in [0.29, 0.717) is 17.4 Å². The zero-order valence-corrected chi connectivity index (χ0v) is 11.5. The maximum Gasteiger partial charge on any atom is 0.238 e. The van der Waals surface area contributed by atoms with Gasteiger partial charge in [-0.25, -0.2) is 13.6 Å². The highest BCUT2D eigenvalue weighted by molar-refractivity contribution is 7.89. The van der Waals surface area contributed by atoms with Crippen molar-refractivity contribution in [3.05, 3.63) is 59.1 Å². The van der Waals surface area contributed by atoms with Gasteiger partial charge in [0.25, 0.3) is 0 Å². The first-order valence-corrected chi connectivity index (χ1v) is 7.38. The summed E-state index contributed by atoms with van der Waals surface area (Å²) in [5.74, 6) is 0.562. The topological polar surface area (TPSA) is 69.4 Å². The minimum atomic E-state index is -3.67. The Morgan fingerprint density at radius 1 is 1.11 bits per heavy atom. The average molecular weight is 298 g/mol. The van der Waals surface area contributed by atoms with E-state index in [0.717, 1.165) is 5.56 Å². The number of benzene rings is 2. The molecule has 6 heteroatoms. The summed E-state index contributed by atoms with van der Waals surface area (Å²) in [6.45, 7) is 0.356. The molecule has 2 aromatic carbocycles. The molecular weight excluding hydrogens is 286 g/mol. The van der Waals surface area contributed by atoms with E-state index in [-0.39, 0.29) is 4.90 Å². The Labute approximate surface area is 116 Å². The zero-order chi connectivity index (χ0) is 13.9. The third-order valence-corrected chi connectivity index (χ3v) is 3.61. The summed E-state index contributed by atoms with van der Waals surface area (Å²) >= 11 is 5.86. The van der Waals surface area contributed by atoms with Gasteiger partial charge in [-0.15, -0.1) is 0 Å². The Hall–Kier alpha value is -1.56. The molecule has 0 aliphatic rings. The van der Waals surface area contributed by atoms with Crippen LogP contribution in [0.15, 0.2) is 53.4 Å². The summed E-state index contributed by atoms with van der Waals surface area (Å²) in [7, 11) is -3.67. The van der Waals surface area contributed by atoms with Crippen molar-refractivity contribution in [2.45, 2.75) is 11.5 Å². The lowest BCUT2D eigenvalue weighted by atomic mass is 10.2. The van der Waals surface area contributed by atoms with Gasteiger partial charge in [-0.1, -0.05) is 23.7 Å². The van der Waals surface area contributed by atoms with Crippen LogP contribution in [0.2, 0.25) is 5.02 Å². The summed E-state index contributed by atoms with van der Waals surface area (Å²) in [4.78, 5) is 0.0580. The largest absolute Gasteiger partial charge is 0.489 e. The molecular formula is C13H12ClNO3S. The molecule has 100 valence electrons. The predicted octanol–water partition coefficient (Wildman–Crippen LogP) is 2.57. The van der Waals surface area contributed by atoms with Crippen LogP contribution in [0.4, 0.5) is 0 Å². The van der Waals surface area contributed by atoms with Crippen LogP contribution in [0.5, 0.6) is 5.75 Å². The summed E-state index contributed by atoms with van der Waals surface area (Å²) in [6.07, 6.45) is 0. The van der Waals surface area contributed by atoms with Crippen LogP contribution in [0.3, 0.4) is 0 Å². The standard InChI is InChI=1S/C13H12ClNO3S/c14-11-3-1-2-10(8-11)9-18-12-4-6-13(7-5-12)19(15,16)17/h1-8H,9H2,(H2,15,16,17). The summed E-state index contributed by atoms with van der Waals surface area (Å²) < 4.78 is 27.7. The van der Waals surface area contributed by atoms with E-state index in [1.165, 1.54) is 12.1 Å². The van der Waals surface area contributed by atoms with Crippen molar-refractivity contribution in [3.8, 4) is 5.75 Å². The van der Waals surface area contributed by atoms with Gasteiger partial charge < -0.3 is 4.74 Å². The van der Waals surface area contributed by atoms with E-state index >= 15 is 0 Å². The molecule has 0 fully saturated rings. The average Bonchev–Trinajstić information content (AvgIpc) is 2.36. The molecule has 2 N–H and O–H groups in total. The van der Waals surface area contributed by atoms with E-state index in [1.807, 2.05) is 12.1 Å². The number of halogens is 1. The van der Waals surface area contributed by atoms with Gasteiger partial charge >= 0.3 is 0 Å². The van der Waals surface area contributed by atoms with Crippen molar-refractivity contribution in [1.29, 1.82) is 0 Å². The lowest BCUT2D eigenvalue weighted by Gasteiger charge is -2.07. The molecule has 0 aliphatic heterocycles. The number of hydrogen-bond donors (Lipinski definition) is 1. The van der Waals surface area contributed by atoms with Crippen molar-refractivity contribution < 1.29 is 13.2 Å². The van der Waals surface area contributed by atoms with Crippen LogP contribution >= 0.6 is 11.6 Å². The number of hydrogen-bond acceptors (Lipinski definition) is 3. The maximum absolute atomic E-state index is 11.1. The lowest BCUT2D eigenvalue weighted by molar-refractivity contribution is 0.306. The monoisotopic (exact) mass is 297 g/mol. The van der Waals surface area contributed by atoms with E-state index in [4.69, 9.17) is 21.5 Å². The number of nitrogens with two attached hydrogens (primary N) is 1. The Morgan fingerprint density at radius 3 is 2.37 bits per heavy atom. The highest BCUT2D eigenvalue weighted by atomic mass is 35.5. The van der Waals surface area contributed by atoms with Crippen molar-refractivity contribution >= 4 is 21.6 Å². The molecule has 0 aromatic heterocycles. The molecule has 0 bridgehead atoms. The van der Waals surface area contributed by atoms with Crippen LogP contribution in [-0.2, 0) is 16.6 Å². The lowest BCUT2D eigenvalue weighted by Crippen LogP contribution is -2.11. The van der Waals surface area contributed by atoms with Crippen LogP contribution in [-0.4, -0.2) is 8.42 Å². The fourth-order valence-corrected chi connectivity index (χ4v) is 2.25. The molecule has 0 aliphatic carbocycles. The first-order chi connectivity index (χ1) is 8.95. The third-order valence-electron chi connectivity index (χ3n) is 2.45. The van der Waals surface area contributed by atoms with Gasteiger partial charge in [-0.05, 0) is 42.0 Å². The molecule has 2 rings (SSSR count). The summed E-state index contributed by atoms with van der Waals surface area (Å²) in [6, 6.07) is 13.3. The van der Waals surface area contributed by atoms with E-state index in [2.05, 4.69) is 0 Å². The van der Waals surface area contributed by atoms with Crippen LogP contribution < -0.4 is 9.88 Å². The number of ether oxygens (including phenoxy) is 1. The van der Waals surface area contributed by atoms with E-state index in [1.54, 1.807) is 24.3 Å². The second kappa shape index (κ2) is 5.61. The van der Waals surface area contributed by atoms with E-state index < -0.39 is 10.0 Å². The molecule has 0 spiro atoms. The molecule has 0 heterocycles. The minimum absolute atomic E-state index is 0.0580. The van der Waals surface area contributed by atoms with Crippen LogP contribution in [0.1, 0.15) is 5.56 Å². The van der Waals surface area contributed by atoms with Gasteiger partial charge in [0.05, 0.1) is 4.90 Å². The fourth-order valence-electron chi connectivity index (χ4n) is 1.52. The fraction of sp³-hybridized carbons (Fsp3) is 0.0769. The molecule has 0 saturated heterocycles. The first-order valence-electron chi connectivity index (χ1n) is 5.45. The molecule has 2 aromatic rings. The maximum atomic E-state index is 11.1. The molecule has 19 heavy (non-hydrogen) atoms. The zero-order valence-electron chi connectivity index (χ0n) is 9.91. The predicted molar refractivity (Wildman–Crippen MR) is 73.6 cm³/mol. The highest BCUT2D eigenvalue weighted by Crippen LogP contribution is 2.17. The first kappa shape index (κ1) is 13.9. The van der Waals surface area contributed by atoms with Crippen molar-refractivity contribution in [1.82, 2.24) is 0 Å². The van der Waals surface area contributed by atoms with Crippen LogP contribution in [0.25, 0.3) is 0 Å². The molecule has 0 amide bonds. The van der Waals surface area contributed by atoms with Gasteiger partial charge in [-0.3, -0.25) is 0 Å². The highest BCUT2D eigenvalue weighted by Gasteiger charge is 2.07. The van der Waals surface area contributed by atoms with Gasteiger partial charge in [0.15, 0.2) is 0 Å². The second-order valence-corrected chi connectivity index (χ2v) is 5.93. The van der Waals surface area contributed by atoms with Crippen LogP contribution in [0, 0.1) is 0 Å². The SMILES string of the molecule is NS(=O)(=O)c1ccc(OCc2cccc(Cl)c2)cc1. The molecule has 0 unspecified atom stereocenters.